The Hall–Kier alpha value is -1.48. The lowest BCUT2D eigenvalue weighted by molar-refractivity contribution is -0.129. The van der Waals surface area contributed by atoms with E-state index in [2.05, 4.69) is 24.3 Å². The standard InChI is InChI=1S/C17H30N4O4/c1-11(2)5-21(6-13-9-25-10-15(22)17(13)24)8-16(23)18-14-7-20(4)19-12(14)3/h7,11,13,15,17,22,24H,5-6,8-10H2,1-4H3,(H,18,23)/t13-,15-,17+/m1/s1. The second kappa shape index (κ2) is 8.75. The van der Waals surface area contributed by atoms with Gasteiger partial charge in [0.15, 0.2) is 0 Å². The first-order chi connectivity index (χ1) is 11.8. The molecular formula is C17H30N4O4. The zero-order chi connectivity index (χ0) is 18.6. The maximum Gasteiger partial charge on any atom is 0.238 e. The van der Waals surface area contributed by atoms with Gasteiger partial charge in [0.1, 0.15) is 6.10 Å². The van der Waals surface area contributed by atoms with Crippen molar-refractivity contribution in [2.24, 2.45) is 18.9 Å². The molecule has 0 aliphatic carbocycles. The average molecular weight is 354 g/mol. The number of carbonyl (C=O) groups is 1. The number of ether oxygens (including phenoxy) is 1. The minimum atomic E-state index is -0.869. The van der Waals surface area contributed by atoms with E-state index in [1.807, 2.05) is 18.9 Å². The van der Waals surface area contributed by atoms with E-state index in [0.29, 0.717) is 24.8 Å². The lowest BCUT2D eigenvalue weighted by atomic mass is 9.95. The van der Waals surface area contributed by atoms with Crippen LogP contribution in [-0.2, 0) is 16.6 Å². The van der Waals surface area contributed by atoms with Crippen LogP contribution in [0.5, 0.6) is 0 Å². The topological polar surface area (TPSA) is 99.9 Å². The van der Waals surface area contributed by atoms with Crippen LogP contribution in [0.1, 0.15) is 19.5 Å². The van der Waals surface area contributed by atoms with Gasteiger partial charge in [0.2, 0.25) is 5.91 Å². The third kappa shape index (κ3) is 5.78. The largest absolute Gasteiger partial charge is 0.390 e. The molecule has 3 N–H and O–H groups in total. The summed E-state index contributed by atoms with van der Waals surface area (Å²) in [7, 11) is 1.81. The van der Waals surface area contributed by atoms with E-state index in [0.717, 1.165) is 12.2 Å². The molecule has 2 heterocycles. The first kappa shape index (κ1) is 19.8. The zero-order valence-corrected chi connectivity index (χ0v) is 15.5. The fourth-order valence-electron chi connectivity index (χ4n) is 3.18. The number of hydrogen-bond donors (Lipinski definition) is 3. The molecule has 1 aromatic rings. The normalized spacial score (nSPS) is 24.1. The van der Waals surface area contributed by atoms with Gasteiger partial charge in [0.25, 0.3) is 0 Å². The minimum Gasteiger partial charge on any atom is -0.390 e. The molecule has 2 rings (SSSR count). The molecule has 3 atom stereocenters. The highest BCUT2D eigenvalue weighted by Gasteiger charge is 2.33. The van der Waals surface area contributed by atoms with Crippen molar-refractivity contribution in [3.8, 4) is 0 Å². The number of nitrogens with zero attached hydrogens (tertiary/aromatic N) is 3. The summed E-state index contributed by atoms with van der Waals surface area (Å²) in [5.74, 6) is 0.0402. The molecule has 8 heteroatoms. The predicted octanol–water partition coefficient (Wildman–Crippen LogP) is -0.00678. The Labute approximate surface area is 148 Å². The van der Waals surface area contributed by atoms with Crippen molar-refractivity contribution in [3.05, 3.63) is 11.9 Å². The first-order valence-electron chi connectivity index (χ1n) is 8.72. The van der Waals surface area contributed by atoms with Crippen molar-refractivity contribution in [3.63, 3.8) is 0 Å². The van der Waals surface area contributed by atoms with Crippen LogP contribution in [0, 0.1) is 18.8 Å². The number of nitrogens with one attached hydrogen (secondary N) is 1. The monoisotopic (exact) mass is 354 g/mol. The summed E-state index contributed by atoms with van der Waals surface area (Å²) >= 11 is 0. The maximum atomic E-state index is 12.4. The Kier molecular flexibility index (Phi) is 6.95. The third-order valence-electron chi connectivity index (χ3n) is 4.27. The van der Waals surface area contributed by atoms with Gasteiger partial charge in [-0.3, -0.25) is 14.4 Å². The molecule has 142 valence electrons. The van der Waals surface area contributed by atoms with Crippen LogP contribution in [0.15, 0.2) is 6.20 Å². The maximum absolute atomic E-state index is 12.4. The summed E-state index contributed by atoms with van der Waals surface area (Å²) in [5, 5.41) is 27.0. The van der Waals surface area contributed by atoms with Gasteiger partial charge in [0.05, 0.1) is 37.2 Å². The minimum absolute atomic E-state index is 0.122. The number of anilines is 1. The number of aryl methyl sites for hydroxylation is 2. The Bertz CT molecular complexity index is 575. The highest BCUT2D eigenvalue weighted by Crippen LogP contribution is 2.18. The highest BCUT2D eigenvalue weighted by molar-refractivity contribution is 5.92. The fraction of sp³-hybridized carbons (Fsp3) is 0.765. The van der Waals surface area contributed by atoms with Crippen molar-refractivity contribution in [2.45, 2.75) is 33.0 Å². The quantitative estimate of drug-likeness (QED) is 0.637. The van der Waals surface area contributed by atoms with E-state index >= 15 is 0 Å². The Morgan fingerprint density at radius 3 is 2.80 bits per heavy atom. The smallest absolute Gasteiger partial charge is 0.238 e. The summed E-state index contributed by atoms with van der Waals surface area (Å²) in [6, 6.07) is 0. The van der Waals surface area contributed by atoms with Gasteiger partial charge in [-0.15, -0.1) is 0 Å². The van der Waals surface area contributed by atoms with Crippen LogP contribution < -0.4 is 5.32 Å². The first-order valence-corrected chi connectivity index (χ1v) is 8.72. The molecular weight excluding hydrogens is 324 g/mol. The van der Waals surface area contributed by atoms with Crippen LogP contribution in [0.3, 0.4) is 0 Å². The van der Waals surface area contributed by atoms with Crippen LogP contribution >= 0.6 is 0 Å². The number of aromatic nitrogens is 2. The van der Waals surface area contributed by atoms with Gasteiger partial charge < -0.3 is 20.3 Å². The Morgan fingerprint density at radius 1 is 1.48 bits per heavy atom. The van der Waals surface area contributed by atoms with Crippen LogP contribution in [-0.4, -0.2) is 75.9 Å². The molecule has 0 bridgehead atoms. The second-order valence-corrected chi connectivity index (χ2v) is 7.29. The molecule has 0 spiro atoms. The number of aliphatic hydroxyl groups excluding tert-OH is 2. The van der Waals surface area contributed by atoms with Crippen molar-refractivity contribution in [1.29, 1.82) is 0 Å². The van der Waals surface area contributed by atoms with Gasteiger partial charge >= 0.3 is 0 Å². The lowest BCUT2D eigenvalue weighted by Crippen LogP contribution is -2.50. The summed E-state index contributed by atoms with van der Waals surface area (Å²) in [4.78, 5) is 14.4. The van der Waals surface area contributed by atoms with Gasteiger partial charge in [-0.25, -0.2) is 0 Å². The number of hydrogen-bond acceptors (Lipinski definition) is 6. The molecule has 0 unspecified atom stereocenters. The van der Waals surface area contributed by atoms with Crippen LogP contribution in [0.4, 0.5) is 5.69 Å². The summed E-state index contributed by atoms with van der Waals surface area (Å²) in [5.41, 5.74) is 1.47. The van der Waals surface area contributed by atoms with Gasteiger partial charge in [-0.05, 0) is 12.8 Å². The van der Waals surface area contributed by atoms with E-state index in [9.17, 15) is 15.0 Å². The molecule has 0 aromatic carbocycles. The molecule has 1 saturated heterocycles. The molecule has 1 aromatic heterocycles. The SMILES string of the molecule is Cc1nn(C)cc1NC(=O)CN(CC(C)C)C[C@@H]1COC[C@@H](O)[C@H]1O. The highest BCUT2D eigenvalue weighted by atomic mass is 16.5. The predicted molar refractivity (Wildman–Crippen MR) is 94.2 cm³/mol. The molecule has 1 fully saturated rings. The number of carbonyl (C=O) groups excluding carboxylic acids is 1. The van der Waals surface area contributed by atoms with E-state index in [-0.39, 0.29) is 25.0 Å². The Balaban J connectivity index is 1.96. The average Bonchev–Trinajstić information content (AvgIpc) is 2.80. The molecule has 0 radical (unpaired) electrons. The van der Waals surface area contributed by atoms with Crippen molar-refractivity contribution in [1.82, 2.24) is 14.7 Å². The number of amides is 1. The van der Waals surface area contributed by atoms with Gasteiger partial charge in [-0.2, -0.15) is 5.10 Å². The number of aliphatic hydroxyl groups is 2. The summed E-state index contributed by atoms with van der Waals surface area (Å²) in [6.07, 6.45) is 0.0771. The van der Waals surface area contributed by atoms with Crippen LogP contribution in [0.25, 0.3) is 0 Å². The van der Waals surface area contributed by atoms with E-state index < -0.39 is 12.2 Å². The van der Waals surface area contributed by atoms with Crippen molar-refractivity contribution < 1.29 is 19.7 Å². The molecule has 0 saturated carbocycles. The van der Waals surface area contributed by atoms with Gasteiger partial charge in [0, 0.05) is 32.3 Å². The van der Waals surface area contributed by atoms with Crippen LogP contribution in [0.2, 0.25) is 0 Å². The number of rotatable bonds is 7. The third-order valence-corrected chi connectivity index (χ3v) is 4.27. The molecule has 8 nitrogen and oxygen atoms in total. The van der Waals surface area contributed by atoms with Crippen molar-refractivity contribution >= 4 is 11.6 Å². The van der Waals surface area contributed by atoms with Gasteiger partial charge in [-0.1, -0.05) is 13.8 Å². The van der Waals surface area contributed by atoms with E-state index in [4.69, 9.17) is 4.74 Å². The lowest BCUT2D eigenvalue weighted by Gasteiger charge is -2.35. The molecule has 1 amide bonds. The zero-order valence-electron chi connectivity index (χ0n) is 15.5. The van der Waals surface area contributed by atoms with E-state index in [1.54, 1.807) is 10.9 Å². The molecule has 25 heavy (non-hydrogen) atoms. The molecule has 1 aliphatic heterocycles. The second-order valence-electron chi connectivity index (χ2n) is 7.29. The van der Waals surface area contributed by atoms with Crippen molar-refractivity contribution in [2.75, 3.05) is 38.2 Å². The summed E-state index contributed by atoms with van der Waals surface area (Å²) in [6.45, 7) is 7.98. The summed E-state index contributed by atoms with van der Waals surface area (Å²) < 4.78 is 7.00. The molecule has 1 aliphatic rings. The fourth-order valence-corrected chi connectivity index (χ4v) is 3.18. The Morgan fingerprint density at radius 2 is 2.20 bits per heavy atom. The van der Waals surface area contributed by atoms with E-state index in [1.165, 1.54) is 0 Å².